The quantitative estimate of drug-likeness (QED) is 0.622. The summed E-state index contributed by atoms with van der Waals surface area (Å²) in [6, 6.07) is 8.10. The van der Waals surface area contributed by atoms with Gasteiger partial charge in [0.15, 0.2) is 5.69 Å². The molecule has 0 fully saturated rings. The van der Waals surface area contributed by atoms with Gasteiger partial charge in [-0.3, -0.25) is 9.69 Å². The highest BCUT2D eigenvalue weighted by Crippen LogP contribution is 2.22. The molecule has 1 aromatic heterocycles. The van der Waals surface area contributed by atoms with E-state index in [2.05, 4.69) is 36.0 Å². The molecule has 0 aliphatic heterocycles. The van der Waals surface area contributed by atoms with E-state index in [-0.39, 0.29) is 17.6 Å². The van der Waals surface area contributed by atoms with Crippen molar-refractivity contribution in [2.45, 2.75) is 39.9 Å². The van der Waals surface area contributed by atoms with Crippen LogP contribution in [-0.4, -0.2) is 42.1 Å². The van der Waals surface area contributed by atoms with E-state index in [0.717, 1.165) is 10.6 Å². The van der Waals surface area contributed by atoms with Crippen LogP contribution in [0.5, 0.6) is 0 Å². The van der Waals surface area contributed by atoms with Crippen LogP contribution in [0, 0.1) is 5.92 Å². The van der Waals surface area contributed by atoms with E-state index in [9.17, 15) is 4.79 Å². The summed E-state index contributed by atoms with van der Waals surface area (Å²) in [6.07, 6.45) is 1.39. The number of amides is 1. The number of nitrogens with one attached hydrogen (secondary N) is 1. The summed E-state index contributed by atoms with van der Waals surface area (Å²) in [5.74, 6) is 0.683. The van der Waals surface area contributed by atoms with Crippen LogP contribution < -0.4 is 5.32 Å². The zero-order valence-corrected chi connectivity index (χ0v) is 17.1. The molecule has 0 spiro atoms. The molecule has 0 saturated heterocycles. The van der Waals surface area contributed by atoms with Gasteiger partial charge in [-0.15, -0.1) is 0 Å². The van der Waals surface area contributed by atoms with E-state index in [1.165, 1.54) is 6.26 Å². The minimum absolute atomic E-state index is 0.267. The van der Waals surface area contributed by atoms with Gasteiger partial charge in [-0.1, -0.05) is 43.6 Å². The Morgan fingerprint density at radius 3 is 2.70 bits per heavy atom. The second kappa shape index (κ2) is 10.4. The van der Waals surface area contributed by atoms with E-state index in [0.29, 0.717) is 38.0 Å². The number of rotatable bonds is 10. The molecule has 148 valence electrons. The van der Waals surface area contributed by atoms with Crippen molar-refractivity contribution in [3.05, 3.63) is 52.7 Å². The van der Waals surface area contributed by atoms with Gasteiger partial charge in [0.05, 0.1) is 13.2 Å². The lowest BCUT2D eigenvalue weighted by Crippen LogP contribution is -2.36. The number of methoxy groups -OCH3 is 1. The van der Waals surface area contributed by atoms with E-state index in [1.807, 2.05) is 24.3 Å². The molecule has 6 nitrogen and oxygen atoms in total. The van der Waals surface area contributed by atoms with Gasteiger partial charge in [0, 0.05) is 31.3 Å². The molecule has 1 heterocycles. The van der Waals surface area contributed by atoms with Gasteiger partial charge in [-0.05, 0) is 24.5 Å². The third-order valence-electron chi connectivity index (χ3n) is 4.59. The van der Waals surface area contributed by atoms with Crippen LogP contribution in [0.15, 0.2) is 34.9 Å². The number of hydrogen-bond acceptors (Lipinski definition) is 5. The number of aromatic nitrogens is 1. The molecule has 7 heteroatoms. The first-order valence-corrected chi connectivity index (χ1v) is 9.49. The number of carbonyl (C=O) groups is 1. The first-order valence-electron chi connectivity index (χ1n) is 9.11. The maximum Gasteiger partial charge on any atom is 0.273 e. The zero-order chi connectivity index (χ0) is 19.8. The molecule has 0 bridgehead atoms. The highest BCUT2D eigenvalue weighted by molar-refractivity contribution is 6.31. The van der Waals surface area contributed by atoms with Crippen molar-refractivity contribution in [1.82, 2.24) is 15.2 Å². The number of ether oxygens (including phenoxy) is 1. The van der Waals surface area contributed by atoms with Crippen molar-refractivity contribution >= 4 is 17.5 Å². The third kappa shape index (κ3) is 6.34. The van der Waals surface area contributed by atoms with Crippen LogP contribution in [0.3, 0.4) is 0 Å². The summed E-state index contributed by atoms with van der Waals surface area (Å²) in [6.45, 7) is 8.58. The van der Waals surface area contributed by atoms with Crippen LogP contribution in [0.25, 0.3) is 0 Å². The summed E-state index contributed by atoms with van der Waals surface area (Å²) in [5, 5.41) is 3.48. The molecular weight excluding hydrogens is 366 g/mol. The van der Waals surface area contributed by atoms with Crippen LogP contribution >= 0.6 is 11.6 Å². The lowest BCUT2D eigenvalue weighted by Gasteiger charge is -2.31. The largest absolute Gasteiger partial charge is 0.447 e. The van der Waals surface area contributed by atoms with Crippen molar-refractivity contribution < 1.29 is 13.9 Å². The predicted octanol–water partition coefficient (Wildman–Crippen LogP) is 3.75. The van der Waals surface area contributed by atoms with Gasteiger partial charge in [0.25, 0.3) is 5.91 Å². The molecule has 1 aromatic carbocycles. The number of oxazole rings is 1. The van der Waals surface area contributed by atoms with Crippen molar-refractivity contribution in [2.24, 2.45) is 5.92 Å². The Morgan fingerprint density at radius 1 is 1.30 bits per heavy atom. The van der Waals surface area contributed by atoms with Gasteiger partial charge in [-0.25, -0.2) is 4.98 Å². The normalized spacial score (nSPS) is 12.6. The van der Waals surface area contributed by atoms with Crippen molar-refractivity contribution in [3.63, 3.8) is 0 Å². The monoisotopic (exact) mass is 393 g/mol. The Hall–Kier alpha value is -1.89. The molecule has 1 N–H and O–H groups in total. The molecule has 2 rings (SSSR count). The minimum atomic E-state index is -0.267. The van der Waals surface area contributed by atoms with Gasteiger partial charge in [0.2, 0.25) is 5.89 Å². The summed E-state index contributed by atoms with van der Waals surface area (Å²) < 4.78 is 10.5. The number of carbonyl (C=O) groups excluding carboxylic acids is 1. The smallest absolute Gasteiger partial charge is 0.273 e. The van der Waals surface area contributed by atoms with Gasteiger partial charge in [0.1, 0.15) is 6.26 Å². The van der Waals surface area contributed by atoms with Crippen molar-refractivity contribution in [3.8, 4) is 0 Å². The Morgan fingerprint density at radius 2 is 2.04 bits per heavy atom. The van der Waals surface area contributed by atoms with Crippen LogP contribution in [0.1, 0.15) is 42.7 Å². The maximum atomic E-state index is 12.1. The minimum Gasteiger partial charge on any atom is -0.447 e. The fourth-order valence-corrected chi connectivity index (χ4v) is 2.83. The second-order valence-corrected chi connectivity index (χ2v) is 7.26. The highest BCUT2D eigenvalue weighted by Gasteiger charge is 2.21. The molecule has 27 heavy (non-hydrogen) atoms. The number of halogens is 1. The Kier molecular flexibility index (Phi) is 8.28. The summed E-state index contributed by atoms with van der Waals surface area (Å²) >= 11 is 6.33. The molecular formula is C20H28ClN3O3. The summed E-state index contributed by atoms with van der Waals surface area (Å²) in [7, 11) is 1.59. The lowest BCUT2D eigenvalue weighted by atomic mass is 10.0. The Balaban J connectivity index is 2.09. The average molecular weight is 394 g/mol. The van der Waals surface area contributed by atoms with Gasteiger partial charge in [-0.2, -0.15) is 0 Å². The van der Waals surface area contributed by atoms with E-state index < -0.39 is 0 Å². The topological polar surface area (TPSA) is 67.6 Å². The molecule has 0 aliphatic carbocycles. The number of benzene rings is 1. The van der Waals surface area contributed by atoms with Crippen molar-refractivity contribution in [1.29, 1.82) is 0 Å². The van der Waals surface area contributed by atoms with Gasteiger partial charge >= 0.3 is 0 Å². The van der Waals surface area contributed by atoms with E-state index in [4.69, 9.17) is 20.8 Å². The Bertz CT molecular complexity index is 733. The highest BCUT2D eigenvalue weighted by atomic mass is 35.5. The van der Waals surface area contributed by atoms with Crippen molar-refractivity contribution in [2.75, 3.05) is 20.3 Å². The fourth-order valence-electron chi connectivity index (χ4n) is 2.63. The predicted molar refractivity (Wildman–Crippen MR) is 106 cm³/mol. The number of hydrogen-bond donors (Lipinski definition) is 1. The molecule has 2 aromatic rings. The molecule has 0 aliphatic rings. The molecule has 0 radical (unpaired) electrons. The molecule has 1 amide bonds. The van der Waals surface area contributed by atoms with Gasteiger partial charge < -0.3 is 14.5 Å². The summed E-state index contributed by atoms with van der Waals surface area (Å²) in [4.78, 5) is 18.7. The molecule has 0 saturated carbocycles. The number of nitrogens with zero attached hydrogens (tertiary/aromatic N) is 2. The second-order valence-electron chi connectivity index (χ2n) is 6.86. The third-order valence-corrected chi connectivity index (χ3v) is 4.96. The van der Waals surface area contributed by atoms with Crippen LogP contribution in [-0.2, 0) is 17.8 Å². The van der Waals surface area contributed by atoms with Crippen LogP contribution in [0.4, 0.5) is 0 Å². The molecule has 1 atom stereocenters. The zero-order valence-electron chi connectivity index (χ0n) is 16.4. The first-order chi connectivity index (χ1) is 12.9. The van der Waals surface area contributed by atoms with Crippen LogP contribution in [0.2, 0.25) is 5.02 Å². The fraction of sp³-hybridized carbons (Fsp3) is 0.500. The van der Waals surface area contributed by atoms with E-state index in [1.54, 1.807) is 7.11 Å². The SMILES string of the molecule is COCCNC(=O)c1coc(CN(Cc2ccccc2Cl)C(C)C(C)C)n1. The molecule has 1 unspecified atom stereocenters. The van der Waals surface area contributed by atoms with E-state index >= 15 is 0 Å². The average Bonchev–Trinajstić information content (AvgIpc) is 3.11. The summed E-state index contributed by atoms with van der Waals surface area (Å²) in [5.41, 5.74) is 1.33. The Labute approximate surface area is 165 Å². The first kappa shape index (κ1) is 21.4. The lowest BCUT2D eigenvalue weighted by molar-refractivity contribution is 0.0932. The standard InChI is InChI=1S/C20H28ClN3O3/c1-14(2)15(3)24(11-16-7-5-6-8-17(16)21)12-19-23-18(13-27-19)20(25)22-9-10-26-4/h5-8,13-15H,9-12H2,1-4H3,(H,22,25). The maximum absolute atomic E-state index is 12.1.